The SMILES string of the molecule is COc1ccc2cc([C@@H]3CCN(C[C@@H](COc4cccc5[nH]c(C)cc45)OC(=O)C(=O)O)[C@H](C)C3)sc2c1. The number of rotatable bonds is 8. The maximum absolute atomic E-state index is 12.0. The van der Waals surface area contributed by atoms with Gasteiger partial charge in [0.15, 0.2) is 0 Å². The van der Waals surface area contributed by atoms with Gasteiger partial charge in [0.25, 0.3) is 0 Å². The van der Waals surface area contributed by atoms with Crippen LogP contribution in [0.5, 0.6) is 11.5 Å². The Morgan fingerprint density at radius 3 is 2.82 bits per heavy atom. The van der Waals surface area contributed by atoms with Crippen LogP contribution in [0.15, 0.2) is 48.5 Å². The van der Waals surface area contributed by atoms with Gasteiger partial charge in [-0.3, -0.25) is 4.90 Å². The van der Waals surface area contributed by atoms with Gasteiger partial charge in [-0.25, -0.2) is 9.59 Å². The quantitative estimate of drug-likeness (QED) is 0.231. The summed E-state index contributed by atoms with van der Waals surface area (Å²) in [5.74, 6) is -0.906. The zero-order valence-corrected chi connectivity index (χ0v) is 22.5. The molecule has 1 aliphatic heterocycles. The summed E-state index contributed by atoms with van der Waals surface area (Å²) < 4.78 is 18.0. The first kappa shape index (κ1) is 26.1. The molecule has 1 saturated heterocycles. The average molecular weight is 537 g/mol. The first-order valence-electron chi connectivity index (χ1n) is 12.8. The average Bonchev–Trinajstić information content (AvgIpc) is 3.50. The van der Waals surface area contributed by atoms with Crippen LogP contribution >= 0.6 is 11.3 Å². The summed E-state index contributed by atoms with van der Waals surface area (Å²) >= 11 is 1.81. The van der Waals surface area contributed by atoms with Gasteiger partial charge in [-0.2, -0.15) is 0 Å². The van der Waals surface area contributed by atoms with E-state index in [-0.39, 0.29) is 12.6 Å². The van der Waals surface area contributed by atoms with Crippen LogP contribution in [0.1, 0.15) is 36.3 Å². The number of piperidine rings is 1. The number of thiophene rings is 1. The maximum atomic E-state index is 12.0. The molecule has 0 amide bonds. The standard InChI is InChI=1S/C29H32N2O6S/c1-17-11-23-24(30-17)5-4-6-25(23)36-16-22(37-29(34)28(32)33)15-31-10-9-20(12-18(31)2)26-13-19-7-8-21(35-3)14-27(19)38-26/h4-8,11,13-14,18,20,22,30H,9-10,12,15-16H2,1-3H3,(H,32,33)/t18-,20-,22+/m1/s1. The van der Waals surface area contributed by atoms with Gasteiger partial charge in [0.1, 0.15) is 24.2 Å². The van der Waals surface area contributed by atoms with E-state index in [4.69, 9.17) is 19.3 Å². The highest BCUT2D eigenvalue weighted by molar-refractivity contribution is 7.19. The van der Waals surface area contributed by atoms with Gasteiger partial charge in [0.2, 0.25) is 0 Å². The fraction of sp³-hybridized carbons (Fsp3) is 0.379. The normalized spacial score (nSPS) is 18.9. The van der Waals surface area contributed by atoms with E-state index in [2.05, 4.69) is 35.0 Å². The van der Waals surface area contributed by atoms with Crippen LogP contribution in [0.3, 0.4) is 0 Å². The number of benzene rings is 2. The summed E-state index contributed by atoms with van der Waals surface area (Å²) in [5, 5.41) is 11.3. The van der Waals surface area contributed by atoms with Crippen molar-refractivity contribution >= 4 is 44.3 Å². The van der Waals surface area contributed by atoms with Crippen LogP contribution in [-0.4, -0.2) is 65.9 Å². The Labute approximate surface area is 225 Å². The van der Waals surface area contributed by atoms with E-state index in [9.17, 15) is 9.59 Å². The molecule has 3 heterocycles. The summed E-state index contributed by atoms with van der Waals surface area (Å²) in [6.45, 7) is 5.42. The summed E-state index contributed by atoms with van der Waals surface area (Å²) in [5.41, 5.74) is 1.97. The molecule has 8 nitrogen and oxygen atoms in total. The number of nitrogens with one attached hydrogen (secondary N) is 1. The third kappa shape index (κ3) is 5.63. The number of aryl methyl sites for hydroxylation is 1. The lowest BCUT2D eigenvalue weighted by molar-refractivity contribution is -0.169. The van der Waals surface area contributed by atoms with Crippen LogP contribution in [0.4, 0.5) is 0 Å². The number of fused-ring (bicyclic) bond motifs is 2. The van der Waals surface area contributed by atoms with E-state index < -0.39 is 18.0 Å². The Morgan fingerprint density at radius 1 is 1.21 bits per heavy atom. The number of carbonyl (C=O) groups is 2. The molecule has 2 aromatic heterocycles. The Morgan fingerprint density at radius 2 is 2.05 bits per heavy atom. The third-order valence-electron chi connectivity index (χ3n) is 7.23. The molecule has 2 N–H and O–H groups in total. The number of aromatic nitrogens is 1. The van der Waals surface area contributed by atoms with E-state index in [1.54, 1.807) is 7.11 Å². The molecule has 0 radical (unpaired) electrons. The molecule has 0 bridgehead atoms. The first-order valence-corrected chi connectivity index (χ1v) is 13.6. The van der Waals surface area contributed by atoms with Crippen molar-refractivity contribution in [3.63, 3.8) is 0 Å². The van der Waals surface area contributed by atoms with E-state index >= 15 is 0 Å². The number of carboxylic acid groups (broad SMARTS) is 1. The first-order chi connectivity index (χ1) is 18.3. The van der Waals surface area contributed by atoms with Crippen LogP contribution in [0, 0.1) is 6.92 Å². The zero-order valence-electron chi connectivity index (χ0n) is 21.7. The minimum atomic E-state index is -1.61. The molecule has 3 atom stereocenters. The molecule has 2 aromatic carbocycles. The minimum Gasteiger partial charge on any atom is -0.497 e. The largest absolute Gasteiger partial charge is 0.497 e. The molecule has 0 spiro atoms. The molecule has 4 aromatic rings. The van der Waals surface area contributed by atoms with Gasteiger partial charge in [0.05, 0.1) is 7.11 Å². The monoisotopic (exact) mass is 536 g/mol. The summed E-state index contributed by atoms with van der Waals surface area (Å²) in [6.07, 6.45) is 1.22. The zero-order chi connectivity index (χ0) is 26.8. The van der Waals surface area contributed by atoms with Gasteiger partial charge in [0, 0.05) is 38.8 Å². The Hall–Kier alpha value is -3.56. The molecule has 38 heavy (non-hydrogen) atoms. The number of hydrogen-bond acceptors (Lipinski definition) is 7. The van der Waals surface area contributed by atoms with Crippen molar-refractivity contribution in [2.45, 2.75) is 44.8 Å². The van der Waals surface area contributed by atoms with Crippen LogP contribution in [0.2, 0.25) is 0 Å². The fourth-order valence-corrected chi connectivity index (χ4v) is 6.51. The molecule has 0 unspecified atom stereocenters. The summed E-state index contributed by atoms with van der Waals surface area (Å²) in [4.78, 5) is 30.1. The number of ether oxygens (including phenoxy) is 3. The Bertz CT molecular complexity index is 1460. The number of methoxy groups -OCH3 is 1. The number of aromatic amines is 1. The van der Waals surface area contributed by atoms with Crippen molar-refractivity contribution in [1.82, 2.24) is 9.88 Å². The number of aliphatic carboxylic acids is 1. The van der Waals surface area contributed by atoms with E-state index in [0.717, 1.165) is 41.7 Å². The van der Waals surface area contributed by atoms with Crippen LogP contribution in [0.25, 0.3) is 21.0 Å². The minimum absolute atomic E-state index is 0.0627. The second-order valence-corrected chi connectivity index (χ2v) is 11.0. The maximum Gasteiger partial charge on any atom is 0.417 e. The molecule has 0 saturated carbocycles. The van der Waals surface area contributed by atoms with Crippen molar-refractivity contribution in [1.29, 1.82) is 0 Å². The lowest BCUT2D eigenvalue weighted by Crippen LogP contribution is -2.47. The smallest absolute Gasteiger partial charge is 0.417 e. The van der Waals surface area contributed by atoms with Crippen LogP contribution in [-0.2, 0) is 14.3 Å². The van der Waals surface area contributed by atoms with Crippen LogP contribution < -0.4 is 9.47 Å². The number of carboxylic acids is 1. The van der Waals surface area contributed by atoms with Gasteiger partial charge < -0.3 is 24.3 Å². The van der Waals surface area contributed by atoms with Gasteiger partial charge in [-0.05, 0) is 87.0 Å². The van der Waals surface area contributed by atoms with Gasteiger partial charge >= 0.3 is 11.9 Å². The van der Waals surface area contributed by atoms with Gasteiger partial charge in [-0.15, -0.1) is 11.3 Å². The highest BCUT2D eigenvalue weighted by Gasteiger charge is 2.31. The molecule has 1 fully saturated rings. The number of likely N-dealkylation sites (tertiary alicyclic amines) is 1. The number of hydrogen-bond donors (Lipinski definition) is 2. The van der Waals surface area contributed by atoms with Crippen molar-refractivity contribution < 1.29 is 28.9 Å². The van der Waals surface area contributed by atoms with Gasteiger partial charge in [-0.1, -0.05) is 6.07 Å². The number of H-pyrrole nitrogens is 1. The molecule has 5 rings (SSSR count). The second kappa shape index (κ2) is 11.0. The van der Waals surface area contributed by atoms with Crippen molar-refractivity contribution in [3.8, 4) is 11.5 Å². The Balaban J connectivity index is 1.26. The molecule has 1 aliphatic rings. The molecule has 9 heteroatoms. The van der Waals surface area contributed by atoms with Crippen molar-refractivity contribution in [2.75, 3.05) is 26.8 Å². The van der Waals surface area contributed by atoms with E-state index in [1.165, 1.54) is 15.0 Å². The molecule has 0 aliphatic carbocycles. The van der Waals surface area contributed by atoms with Crippen molar-refractivity contribution in [2.24, 2.45) is 0 Å². The highest BCUT2D eigenvalue weighted by atomic mass is 32.1. The Kier molecular flexibility index (Phi) is 7.58. The van der Waals surface area contributed by atoms with Crippen molar-refractivity contribution in [3.05, 3.63) is 59.1 Å². The molecular formula is C29H32N2O6S. The molecule has 200 valence electrons. The molecular weight excluding hydrogens is 504 g/mol. The fourth-order valence-electron chi connectivity index (χ4n) is 5.27. The topological polar surface area (TPSA) is 101 Å². The number of carbonyl (C=O) groups excluding carboxylic acids is 1. The third-order valence-corrected chi connectivity index (χ3v) is 8.49. The predicted molar refractivity (Wildman–Crippen MR) is 147 cm³/mol. The second-order valence-electron chi connectivity index (χ2n) is 9.93. The lowest BCUT2D eigenvalue weighted by atomic mass is 9.90. The van der Waals surface area contributed by atoms with E-state index in [1.807, 2.05) is 48.6 Å². The van der Waals surface area contributed by atoms with E-state index in [0.29, 0.717) is 18.2 Å². The predicted octanol–water partition coefficient (Wildman–Crippen LogP) is 5.34. The highest BCUT2D eigenvalue weighted by Crippen LogP contribution is 2.39. The number of esters is 1. The lowest BCUT2D eigenvalue weighted by Gasteiger charge is -2.38. The summed E-state index contributed by atoms with van der Waals surface area (Å²) in [6, 6.07) is 16.4. The number of nitrogens with zero attached hydrogens (tertiary/aromatic N) is 1. The summed E-state index contributed by atoms with van der Waals surface area (Å²) in [7, 11) is 1.68.